The largest absolute Gasteiger partial charge is 0.496 e. The molecule has 0 aliphatic heterocycles. The number of nitrogens with zero attached hydrogens (tertiary/aromatic N) is 3. The van der Waals surface area contributed by atoms with Gasteiger partial charge in [0, 0.05) is 32.5 Å². The molecule has 0 radical (unpaired) electrons. The molecule has 0 saturated heterocycles. The van der Waals surface area contributed by atoms with E-state index in [9.17, 15) is 0 Å². The number of rotatable bonds is 8. The van der Waals surface area contributed by atoms with Gasteiger partial charge in [-0.2, -0.15) is 5.10 Å². The quantitative estimate of drug-likeness (QED) is 0.270. The average Bonchev–Trinajstić information content (AvgIpc) is 3.25. The summed E-state index contributed by atoms with van der Waals surface area (Å²) in [4.78, 5) is 4.35. The number of guanidine groups is 1. The molecule has 0 aliphatic rings. The Bertz CT molecular complexity index is 941. The van der Waals surface area contributed by atoms with Gasteiger partial charge in [0.1, 0.15) is 5.75 Å². The first-order valence-electron chi connectivity index (χ1n) is 9.82. The Balaban J connectivity index is 0.00000320. The van der Waals surface area contributed by atoms with E-state index in [2.05, 4.69) is 64.0 Å². The number of aromatic nitrogens is 2. The Morgan fingerprint density at radius 1 is 1.07 bits per heavy atom. The lowest BCUT2D eigenvalue weighted by atomic mass is 10.1. The van der Waals surface area contributed by atoms with Gasteiger partial charge in [-0.15, -0.1) is 24.0 Å². The van der Waals surface area contributed by atoms with Gasteiger partial charge in [-0.25, -0.2) is 0 Å². The third kappa shape index (κ3) is 6.76. The summed E-state index contributed by atoms with van der Waals surface area (Å²) < 4.78 is 7.40. The summed E-state index contributed by atoms with van der Waals surface area (Å²) in [5.41, 5.74) is 4.90. The fraction of sp³-hybridized carbons (Fsp3) is 0.304. The van der Waals surface area contributed by atoms with Crippen LogP contribution in [0.2, 0.25) is 0 Å². The average molecular weight is 519 g/mol. The minimum absolute atomic E-state index is 0. The fourth-order valence-corrected chi connectivity index (χ4v) is 3.27. The first kappa shape index (κ1) is 23.7. The summed E-state index contributed by atoms with van der Waals surface area (Å²) in [5.74, 6) is 1.71. The third-order valence-electron chi connectivity index (χ3n) is 4.80. The van der Waals surface area contributed by atoms with Gasteiger partial charge in [0.15, 0.2) is 5.96 Å². The number of benzene rings is 2. The van der Waals surface area contributed by atoms with Crippen molar-refractivity contribution in [2.75, 3.05) is 20.7 Å². The summed E-state index contributed by atoms with van der Waals surface area (Å²) >= 11 is 0. The predicted molar refractivity (Wildman–Crippen MR) is 133 cm³/mol. The lowest BCUT2D eigenvalue weighted by Gasteiger charge is -2.15. The molecule has 0 unspecified atom stereocenters. The van der Waals surface area contributed by atoms with Crippen LogP contribution in [0, 0.1) is 6.92 Å². The molecule has 0 bridgehead atoms. The van der Waals surface area contributed by atoms with E-state index in [0.717, 1.165) is 31.2 Å². The molecular formula is C23H30IN5O. The highest BCUT2D eigenvalue weighted by Crippen LogP contribution is 2.19. The zero-order valence-electron chi connectivity index (χ0n) is 17.8. The van der Waals surface area contributed by atoms with Crippen LogP contribution in [-0.2, 0) is 19.5 Å². The normalized spacial score (nSPS) is 11.0. The van der Waals surface area contributed by atoms with Crippen molar-refractivity contribution < 1.29 is 4.74 Å². The maximum atomic E-state index is 5.46. The van der Waals surface area contributed by atoms with Crippen molar-refractivity contribution in [3.63, 3.8) is 0 Å². The third-order valence-corrected chi connectivity index (χ3v) is 4.80. The van der Waals surface area contributed by atoms with Crippen LogP contribution < -0.4 is 15.4 Å². The van der Waals surface area contributed by atoms with Crippen LogP contribution in [0.1, 0.15) is 22.3 Å². The topological polar surface area (TPSA) is 63.5 Å². The second-order valence-corrected chi connectivity index (χ2v) is 6.89. The van der Waals surface area contributed by atoms with Gasteiger partial charge in [0.25, 0.3) is 0 Å². The Morgan fingerprint density at radius 3 is 2.57 bits per heavy atom. The molecular weight excluding hydrogens is 489 g/mol. The SMILES string of the molecule is CN=C(NCCc1cc(C)ccc1OC)NCc1ccccc1Cn1cccn1.I. The standard InChI is InChI=1S/C23H29N5O.HI/c1-18-9-10-22(29-3)19(15-18)11-13-25-23(24-2)26-16-20-7-4-5-8-21(20)17-28-14-6-12-27-28;/h4-10,12,14-15H,11,13,16-17H2,1-3H3,(H2,24,25,26);1H. The Morgan fingerprint density at radius 2 is 1.87 bits per heavy atom. The van der Waals surface area contributed by atoms with E-state index >= 15 is 0 Å². The maximum absolute atomic E-state index is 5.46. The molecule has 0 saturated carbocycles. The molecule has 3 aromatic rings. The summed E-state index contributed by atoms with van der Waals surface area (Å²) in [6.07, 6.45) is 4.64. The molecule has 0 spiro atoms. The lowest BCUT2D eigenvalue weighted by Crippen LogP contribution is -2.38. The van der Waals surface area contributed by atoms with E-state index in [4.69, 9.17) is 4.74 Å². The summed E-state index contributed by atoms with van der Waals surface area (Å²) in [5, 5.41) is 11.1. The summed E-state index contributed by atoms with van der Waals surface area (Å²) in [7, 11) is 3.50. The molecule has 0 amide bonds. The van der Waals surface area contributed by atoms with Crippen molar-refractivity contribution in [2.45, 2.75) is 26.4 Å². The highest BCUT2D eigenvalue weighted by atomic mass is 127. The number of ether oxygens (including phenoxy) is 1. The van der Waals surface area contributed by atoms with Crippen molar-refractivity contribution in [3.8, 4) is 5.75 Å². The number of methoxy groups -OCH3 is 1. The minimum atomic E-state index is 0. The molecule has 2 aromatic carbocycles. The van der Waals surface area contributed by atoms with Gasteiger partial charge in [0.05, 0.1) is 13.7 Å². The first-order valence-corrected chi connectivity index (χ1v) is 9.82. The van der Waals surface area contributed by atoms with Crippen molar-refractivity contribution in [1.29, 1.82) is 0 Å². The number of halogens is 1. The molecule has 0 aliphatic carbocycles. The molecule has 0 atom stereocenters. The van der Waals surface area contributed by atoms with E-state index in [0.29, 0.717) is 6.54 Å². The van der Waals surface area contributed by atoms with Crippen LogP contribution in [0.3, 0.4) is 0 Å². The van der Waals surface area contributed by atoms with Gasteiger partial charge in [-0.3, -0.25) is 9.67 Å². The fourth-order valence-electron chi connectivity index (χ4n) is 3.27. The molecule has 160 valence electrons. The molecule has 1 aromatic heterocycles. The second kappa shape index (κ2) is 12.2. The van der Waals surface area contributed by atoms with E-state index in [1.807, 2.05) is 23.0 Å². The van der Waals surface area contributed by atoms with Crippen LogP contribution in [0.5, 0.6) is 5.75 Å². The van der Waals surface area contributed by atoms with E-state index in [-0.39, 0.29) is 24.0 Å². The zero-order valence-corrected chi connectivity index (χ0v) is 20.1. The van der Waals surface area contributed by atoms with Gasteiger partial charge in [-0.05, 0) is 42.2 Å². The second-order valence-electron chi connectivity index (χ2n) is 6.89. The number of aliphatic imine (C=N–C) groups is 1. The monoisotopic (exact) mass is 519 g/mol. The van der Waals surface area contributed by atoms with Crippen LogP contribution in [-0.4, -0.2) is 36.4 Å². The number of nitrogens with one attached hydrogen (secondary N) is 2. The molecule has 0 fully saturated rings. The van der Waals surface area contributed by atoms with Crippen molar-refractivity contribution in [3.05, 3.63) is 83.2 Å². The number of aryl methyl sites for hydroxylation is 1. The van der Waals surface area contributed by atoms with E-state index in [1.165, 1.54) is 22.3 Å². The van der Waals surface area contributed by atoms with Crippen LogP contribution >= 0.6 is 24.0 Å². The van der Waals surface area contributed by atoms with Crippen LogP contribution in [0.4, 0.5) is 0 Å². The molecule has 6 nitrogen and oxygen atoms in total. The molecule has 7 heteroatoms. The molecule has 30 heavy (non-hydrogen) atoms. The minimum Gasteiger partial charge on any atom is -0.496 e. The van der Waals surface area contributed by atoms with Gasteiger partial charge >= 0.3 is 0 Å². The lowest BCUT2D eigenvalue weighted by molar-refractivity contribution is 0.409. The molecule has 3 rings (SSSR count). The first-order chi connectivity index (χ1) is 14.2. The molecule has 2 N–H and O–H groups in total. The van der Waals surface area contributed by atoms with Crippen molar-refractivity contribution >= 4 is 29.9 Å². The van der Waals surface area contributed by atoms with Gasteiger partial charge in [0.2, 0.25) is 0 Å². The Hall–Kier alpha value is -2.55. The van der Waals surface area contributed by atoms with E-state index in [1.54, 1.807) is 20.4 Å². The van der Waals surface area contributed by atoms with Crippen molar-refractivity contribution in [2.24, 2.45) is 4.99 Å². The smallest absolute Gasteiger partial charge is 0.191 e. The highest BCUT2D eigenvalue weighted by Gasteiger charge is 2.06. The summed E-state index contributed by atoms with van der Waals surface area (Å²) in [6, 6.07) is 16.6. The van der Waals surface area contributed by atoms with Crippen LogP contribution in [0.15, 0.2) is 65.9 Å². The number of hydrogen-bond donors (Lipinski definition) is 2. The zero-order chi connectivity index (χ0) is 20.5. The van der Waals surface area contributed by atoms with Gasteiger partial charge < -0.3 is 15.4 Å². The van der Waals surface area contributed by atoms with Crippen LogP contribution in [0.25, 0.3) is 0 Å². The molecule has 1 heterocycles. The Kier molecular flexibility index (Phi) is 9.66. The highest BCUT2D eigenvalue weighted by molar-refractivity contribution is 14.0. The number of hydrogen-bond acceptors (Lipinski definition) is 3. The Labute approximate surface area is 195 Å². The van der Waals surface area contributed by atoms with E-state index < -0.39 is 0 Å². The van der Waals surface area contributed by atoms with Crippen molar-refractivity contribution in [1.82, 2.24) is 20.4 Å². The maximum Gasteiger partial charge on any atom is 0.191 e. The van der Waals surface area contributed by atoms with Gasteiger partial charge in [-0.1, -0.05) is 42.0 Å². The predicted octanol–water partition coefficient (Wildman–Crippen LogP) is 3.77. The summed E-state index contributed by atoms with van der Waals surface area (Å²) in [6.45, 7) is 4.32.